The number of hydrogen-bond acceptors (Lipinski definition) is 7. The third kappa shape index (κ3) is 3.22. The molecule has 2 aliphatic heterocycles. The topological polar surface area (TPSA) is 144 Å². The zero-order chi connectivity index (χ0) is 26.7. The van der Waals surface area contributed by atoms with Crippen LogP contribution in [-0.2, 0) is 0 Å². The molecule has 4 amide bonds. The largest absolute Gasteiger partial charge is 0.398 e. The Balaban J connectivity index is 1.23. The molecule has 0 saturated carbocycles. The molecule has 6 rings (SSSR count). The maximum Gasteiger partial charge on any atom is 0.268 e. The first-order valence-electron chi connectivity index (χ1n) is 11.6. The minimum absolute atomic E-state index is 0.165. The average molecular weight is 502 g/mol. The minimum Gasteiger partial charge on any atom is -0.398 e. The number of imide groups is 2. The monoisotopic (exact) mass is 502 g/mol. The van der Waals surface area contributed by atoms with E-state index in [4.69, 9.17) is 11.5 Å². The lowest BCUT2D eigenvalue weighted by Crippen LogP contribution is -2.29. The Hall–Kier alpha value is -5.57. The van der Waals surface area contributed by atoms with Crippen molar-refractivity contribution in [2.45, 2.75) is 0 Å². The summed E-state index contributed by atoms with van der Waals surface area (Å²) in [5.41, 5.74) is 14.3. The molecular weight excluding hydrogens is 484 g/mol. The Morgan fingerprint density at radius 3 is 1.21 bits per heavy atom. The van der Waals surface area contributed by atoms with Crippen molar-refractivity contribution < 1.29 is 24.0 Å². The van der Waals surface area contributed by atoms with Gasteiger partial charge in [0.1, 0.15) is 0 Å². The quantitative estimate of drug-likeness (QED) is 0.246. The molecule has 0 bridgehead atoms. The van der Waals surface area contributed by atoms with Crippen LogP contribution in [0.4, 0.5) is 22.7 Å². The molecule has 9 heteroatoms. The van der Waals surface area contributed by atoms with E-state index in [1.54, 1.807) is 36.4 Å². The van der Waals surface area contributed by atoms with Crippen LogP contribution >= 0.6 is 0 Å². The number of anilines is 4. The Morgan fingerprint density at radius 2 is 0.868 bits per heavy atom. The number of hydrogen-bond donors (Lipinski definition) is 2. The fourth-order valence-corrected chi connectivity index (χ4v) is 4.78. The van der Waals surface area contributed by atoms with Gasteiger partial charge in [-0.3, -0.25) is 24.0 Å². The van der Waals surface area contributed by atoms with E-state index in [-0.39, 0.29) is 39.4 Å². The fraction of sp³-hybridized carbons (Fsp3) is 0. The van der Waals surface area contributed by atoms with Crippen molar-refractivity contribution in [2.75, 3.05) is 21.3 Å². The lowest BCUT2D eigenvalue weighted by molar-refractivity contribution is 0.0910. The van der Waals surface area contributed by atoms with Crippen LogP contribution in [0, 0.1) is 0 Å². The minimum atomic E-state index is -0.521. The van der Waals surface area contributed by atoms with Crippen LogP contribution in [-0.4, -0.2) is 29.4 Å². The number of ketones is 1. The number of nitrogens with two attached hydrogens (primary N) is 2. The Bertz CT molecular complexity index is 1600. The third-order valence-corrected chi connectivity index (χ3v) is 6.67. The molecule has 4 N–H and O–H groups in total. The van der Waals surface area contributed by atoms with Crippen molar-refractivity contribution in [1.82, 2.24) is 0 Å². The first-order valence-corrected chi connectivity index (χ1v) is 11.6. The lowest BCUT2D eigenvalue weighted by atomic mass is 10.0. The number of nitrogens with zero attached hydrogens (tertiary/aromatic N) is 2. The first-order chi connectivity index (χ1) is 18.3. The van der Waals surface area contributed by atoms with E-state index in [0.717, 1.165) is 9.80 Å². The molecule has 0 aliphatic carbocycles. The molecule has 0 saturated heterocycles. The van der Waals surface area contributed by atoms with E-state index in [9.17, 15) is 24.0 Å². The summed E-state index contributed by atoms with van der Waals surface area (Å²) in [6.07, 6.45) is 0. The van der Waals surface area contributed by atoms with Gasteiger partial charge in [0.15, 0.2) is 5.78 Å². The summed E-state index contributed by atoms with van der Waals surface area (Å²) in [5, 5.41) is 0. The molecule has 4 aromatic carbocycles. The number of nitrogen functional groups attached to an aromatic ring is 2. The van der Waals surface area contributed by atoms with Gasteiger partial charge in [0.05, 0.1) is 33.6 Å². The zero-order valence-electron chi connectivity index (χ0n) is 19.7. The van der Waals surface area contributed by atoms with Crippen molar-refractivity contribution in [1.29, 1.82) is 0 Å². The van der Waals surface area contributed by atoms with E-state index in [2.05, 4.69) is 0 Å². The van der Waals surface area contributed by atoms with Gasteiger partial charge in [0.2, 0.25) is 0 Å². The molecule has 184 valence electrons. The SMILES string of the molecule is Nc1cccc2c1C(=O)N(c1ccc(C(=O)c3ccc(N4C(=O)c5cccc(N)c5C4=O)cc3)cc1)C2=O. The first kappa shape index (κ1) is 22.9. The molecule has 38 heavy (non-hydrogen) atoms. The van der Waals surface area contributed by atoms with Crippen LogP contribution in [0.25, 0.3) is 0 Å². The third-order valence-electron chi connectivity index (χ3n) is 6.67. The Kier molecular flexibility index (Phi) is 4.96. The molecule has 4 aromatic rings. The van der Waals surface area contributed by atoms with Gasteiger partial charge in [-0.05, 0) is 72.8 Å². The van der Waals surface area contributed by atoms with Gasteiger partial charge < -0.3 is 11.5 Å². The van der Waals surface area contributed by atoms with Crippen LogP contribution in [0.3, 0.4) is 0 Å². The van der Waals surface area contributed by atoms with Gasteiger partial charge in [0.25, 0.3) is 23.6 Å². The fourth-order valence-electron chi connectivity index (χ4n) is 4.78. The van der Waals surface area contributed by atoms with Crippen LogP contribution in [0.15, 0.2) is 84.9 Å². The lowest BCUT2D eigenvalue weighted by Gasteiger charge is -2.15. The molecular formula is C29H18N4O5. The maximum atomic E-state index is 13.1. The van der Waals surface area contributed by atoms with Crippen molar-refractivity contribution in [3.05, 3.63) is 118 Å². The second-order valence-corrected chi connectivity index (χ2v) is 8.85. The van der Waals surface area contributed by atoms with Crippen molar-refractivity contribution in [2.24, 2.45) is 0 Å². The number of rotatable bonds is 4. The van der Waals surface area contributed by atoms with Crippen LogP contribution < -0.4 is 21.3 Å². The molecule has 0 aromatic heterocycles. The number of carbonyl (C=O) groups excluding carboxylic acids is 5. The summed E-state index contributed by atoms with van der Waals surface area (Å²) in [7, 11) is 0. The Morgan fingerprint density at radius 1 is 0.500 bits per heavy atom. The van der Waals surface area contributed by atoms with Crippen LogP contribution in [0.1, 0.15) is 57.4 Å². The van der Waals surface area contributed by atoms with Crippen molar-refractivity contribution in [3.8, 4) is 0 Å². The van der Waals surface area contributed by atoms with Crippen LogP contribution in [0.5, 0.6) is 0 Å². The normalized spacial score (nSPS) is 14.2. The van der Waals surface area contributed by atoms with Crippen molar-refractivity contribution >= 4 is 52.2 Å². The highest BCUT2D eigenvalue weighted by molar-refractivity contribution is 6.36. The summed E-state index contributed by atoms with van der Waals surface area (Å²) < 4.78 is 0. The summed E-state index contributed by atoms with van der Waals surface area (Å²) in [5.74, 6) is -2.33. The van der Waals surface area contributed by atoms with Crippen LogP contribution in [0.2, 0.25) is 0 Å². The average Bonchev–Trinajstić information content (AvgIpc) is 3.34. The molecule has 0 atom stereocenters. The summed E-state index contributed by atoms with van der Waals surface area (Å²) >= 11 is 0. The molecule has 0 spiro atoms. The van der Waals surface area contributed by atoms with Crippen molar-refractivity contribution in [3.63, 3.8) is 0 Å². The molecule has 0 unspecified atom stereocenters. The highest BCUT2D eigenvalue weighted by atomic mass is 16.2. The predicted octanol–water partition coefficient (Wildman–Crippen LogP) is 3.68. The molecule has 2 heterocycles. The summed E-state index contributed by atoms with van der Waals surface area (Å²) in [4.78, 5) is 66.4. The number of benzene rings is 4. The molecule has 0 fully saturated rings. The maximum absolute atomic E-state index is 13.1. The van der Waals surface area contributed by atoms with E-state index in [0.29, 0.717) is 22.5 Å². The summed E-state index contributed by atoms with van der Waals surface area (Å²) in [6.45, 7) is 0. The van der Waals surface area contributed by atoms with Gasteiger partial charge in [0, 0.05) is 22.5 Å². The van der Waals surface area contributed by atoms with E-state index in [1.807, 2.05) is 0 Å². The van der Waals surface area contributed by atoms with E-state index >= 15 is 0 Å². The highest BCUT2D eigenvalue weighted by Crippen LogP contribution is 2.33. The number of amides is 4. The molecule has 9 nitrogen and oxygen atoms in total. The molecule has 2 aliphatic rings. The number of carbonyl (C=O) groups is 5. The van der Waals surface area contributed by atoms with Gasteiger partial charge in [-0.25, -0.2) is 9.80 Å². The van der Waals surface area contributed by atoms with Gasteiger partial charge in [-0.15, -0.1) is 0 Å². The molecule has 0 radical (unpaired) electrons. The predicted molar refractivity (Wildman–Crippen MR) is 140 cm³/mol. The smallest absolute Gasteiger partial charge is 0.268 e. The number of fused-ring (bicyclic) bond motifs is 2. The second kappa shape index (κ2) is 8.24. The van der Waals surface area contributed by atoms with Gasteiger partial charge in [-0.2, -0.15) is 0 Å². The highest BCUT2D eigenvalue weighted by Gasteiger charge is 2.39. The summed E-state index contributed by atoms with van der Waals surface area (Å²) in [6, 6.07) is 21.6. The second-order valence-electron chi connectivity index (χ2n) is 8.85. The van der Waals surface area contributed by atoms with Gasteiger partial charge in [-0.1, -0.05) is 12.1 Å². The Labute approximate surface area is 215 Å². The standard InChI is InChI=1S/C29H18N4O5/c30-21-5-1-3-19-23(21)28(37)32(26(19)35)17-11-7-15(8-12-17)25(34)16-9-13-18(14-10-16)33-27(36)20-4-2-6-22(31)24(20)29(33)38/h1-14H,30-31H2. The zero-order valence-corrected chi connectivity index (χ0v) is 19.7. The van der Waals surface area contributed by atoms with E-state index in [1.165, 1.54) is 48.5 Å². The van der Waals surface area contributed by atoms with Gasteiger partial charge >= 0.3 is 0 Å². The van der Waals surface area contributed by atoms with E-state index < -0.39 is 23.6 Å².